The third-order valence-corrected chi connectivity index (χ3v) is 5.83. The van der Waals surface area contributed by atoms with Crippen LogP contribution in [0.1, 0.15) is 29.9 Å². The predicted molar refractivity (Wildman–Crippen MR) is 122 cm³/mol. The number of nitrogens with zero attached hydrogens (tertiary/aromatic N) is 4. The Hall–Kier alpha value is -3.19. The number of piperazine rings is 1. The molecule has 1 aromatic heterocycles. The van der Waals surface area contributed by atoms with Gasteiger partial charge in [-0.25, -0.2) is 9.07 Å². The molecule has 0 radical (unpaired) electrons. The highest BCUT2D eigenvalue weighted by molar-refractivity contribution is 6.05. The summed E-state index contributed by atoms with van der Waals surface area (Å²) in [6.45, 7) is 9.45. The molecular formula is C24H28FN5O. The third-order valence-electron chi connectivity index (χ3n) is 5.83. The number of carbonyl (C=O) groups is 1. The van der Waals surface area contributed by atoms with Gasteiger partial charge in [0.2, 0.25) is 0 Å². The normalized spacial score (nSPS) is 14.6. The standard InChI is InChI=1S/C24H28FN5O/c1-3-23-22(17-26-30(23)21-9-5-18(25)6-10-21)24(31)27-19-7-11-20(12-8-19)29-15-13-28(4-2)14-16-29/h5-12,17H,3-4,13-16H2,1-2H3,(H,27,31). The van der Waals surface area contributed by atoms with E-state index in [0.717, 1.165) is 49.8 Å². The van der Waals surface area contributed by atoms with E-state index in [0.29, 0.717) is 12.0 Å². The molecule has 7 heteroatoms. The molecule has 1 aliphatic rings. The molecule has 0 atom stereocenters. The van der Waals surface area contributed by atoms with Crippen LogP contribution < -0.4 is 10.2 Å². The number of anilines is 2. The van der Waals surface area contributed by atoms with E-state index >= 15 is 0 Å². The molecule has 1 fully saturated rings. The summed E-state index contributed by atoms with van der Waals surface area (Å²) in [7, 11) is 0. The molecule has 2 heterocycles. The first-order valence-corrected chi connectivity index (χ1v) is 10.8. The number of likely N-dealkylation sites (N-methyl/N-ethyl adjacent to an activating group) is 1. The fourth-order valence-corrected chi connectivity index (χ4v) is 3.98. The van der Waals surface area contributed by atoms with Crippen molar-refractivity contribution in [3.8, 4) is 5.69 Å². The molecule has 1 amide bonds. The topological polar surface area (TPSA) is 53.4 Å². The lowest BCUT2D eigenvalue weighted by Gasteiger charge is -2.35. The van der Waals surface area contributed by atoms with Crippen LogP contribution >= 0.6 is 0 Å². The summed E-state index contributed by atoms with van der Waals surface area (Å²) < 4.78 is 14.9. The zero-order valence-electron chi connectivity index (χ0n) is 18.0. The van der Waals surface area contributed by atoms with Gasteiger partial charge in [0, 0.05) is 37.6 Å². The summed E-state index contributed by atoms with van der Waals surface area (Å²) in [5, 5.41) is 7.33. The molecule has 4 rings (SSSR count). The quantitative estimate of drug-likeness (QED) is 0.654. The van der Waals surface area contributed by atoms with Gasteiger partial charge in [-0.05, 0) is 61.5 Å². The molecule has 3 aromatic rings. The number of aromatic nitrogens is 2. The molecule has 0 spiro atoms. The molecule has 162 valence electrons. The van der Waals surface area contributed by atoms with E-state index in [-0.39, 0.29) is 11.7 Å². The molecule has 0 aliphatic carbocycles. The lowest BCUT2D eigenvalue weighted by atomic mass is 10.1. The van der Waals surface area contributed by atoms with Gasteiger partial charge in [-0.15, -0.1) is 0 Å². The monoisotopic (exact) mass is 421 g/mol. The van der Waals surface area contributed by atoms with Gasteiger partial charge in [-0.1, -0.05) is 13.8 Å². The van der Waals surface area contributed by atoms with Gasteiger partial charge in [0.1, 0.15) is 5.82 Å². The Balaban J connectivity index is 1.45. The number of hydrogen-bond donors (Lipinski definition) is 1. The van der Waals surface area contributed by atoms with E-state index in [2.05, 4.69) is 39.3 Å². The molecular weight excluding hydrogens is 393 g/mol. The maximum absolute atomic E-state index is 13.2. The van der Waals surface area contributed by atoms with Gasteiger partial charge in [-0.3, -0.25) is 4.79 Å². The fourth-order valence-electron chi connectivity index (χ4n) is 3.98. The van der Waals surface area contributed by atoms with Crippen molar-refractivity contribution in [2.45, 2.75) is 20.3 Å². The van der Waals surface area contributed by atoms with Crippen LogP contribution in [0.3, 0.4) is 0 Å². The molecule has 1 N–H and O–H groups in total. The van der Waals surface area contributed by atoms with Crippen LogP contribution in [-0.4, -0.2) is 53.3 Å². The third kappa shape index (κ3) is 4.61. The Morgan fingerprint density at radius 2 is 1.61 bits per heavy atom. The highest BCUT2D eigenvalue weighted by atomic mass is 19.1. The Morgan fingerprint density at radius 1 is 0.968 bits per heavy atom. The molecule has 0 bridgehead atoms. The zero-order valence-corrected chi connectivity index (χ0v) is 18.0. The smallest absolute Gasteiger partial charge is 0.259 e. The largest absolute Gasteiger partial charge is 0.369 e. The maximum atomic E-state index is 13.2. The van der Waals surface area contributed by atoms with E-state index in [4.69, 9.17) is 0 Å². The minimum absolute atomic E-state index is 0.200. The number of nitrogens with one attached hydrogen (secondary N) is 1. The Morgan fingerprint density at radius 3 is 2.23 bits per heavy atom. The summed E-state index contributed by atoms with van der Waals surface area (Å²) >= 11 is 0. The van der Waals surface area contributed by atoms with E-state index in [1.54, 1.807) is 23.0 Å². The molecule has 1 aliphatic heterocycles. The molecule has 2 aromatic carbocycles. The Bertz CT molecular complexity index is 1020. The summed E-state index contributed by atoms with van der Waals surface area (Å²) in [6.07, 6.45) is 2.20. The van der Waals surface area contributed by atoms with Gasteiger partial charge >= 0.3 is 0 Å². The Labute approximate surface area is 182 Å². The zero-order chi connectivity index (χ0) is 21.8. The fraction of sp³-hybridized carbons (Fsp3) is 0.333. The first-order chi connectivity index (χ1) is 15.1. The first-order valence-electron chi connectivity index (χ1n) is 10.8. The Kier molecular flexibility index (Phi) is 6.32. The van der Waals surface area contributed by atoms with Crippen LogP contribution in [0.25, 0.3) is 5.69 Å². The van der Waals surface area contributed by atoms with Crippen LogP contribution in [-0.2, 0) is 6.42 Å². The van der Waals surface area contributed by atoms with Gasteiger partial charge in [0.15, 0.2) is 0 Å². The van der Waals surface area contributed by atoms with Crippen LogP contribution in [0.4, 0.5) is 15.8 Å². The molecule has 1 saturated heterocycles. The van der Waals surface area contributed by atoms with Crippen LogP contribution in [0.15, 0.2) is 54.7 Å². The molecule has 0 unspecified atom stereocenters. The van der Waals surface area contributed by atoms with Crippen LogP contribution in [0.5, 0.6) is 0 Å². The summed E-state index contributed by atoms with van der Waals surface area (Å²) in [5.74, 6) is -0.503. The average molecular weight is 422 g/mol. The van der Waals surface area contributed by atoms with Crippen molar-refractivity contribution in [1.29, 1.82) is 0 Å². The summed E-state index contributed by atoms with van der Waals surface area (Å²) in [4.78, 5) is 17.7. The lowest BCUT2D eigenvalue weighted by molar-refractivity contribution is 0.102. The number of benzene rings is 2. The number of rotatable bonds is 6. The van der Waals surface area contributed by atoms with Crippen molar-refractivity contribution in [3.05, 3.63) is 71.8 Å². The van der Waals surface area contributed by atoms with Crippen molar-refractivity contribution in [1.82, 2.24) is 14.7 Å². The molecule has 31 heavy (non-hydrogen) atoms. The average Bonchev–Trinajstić information content (AvgIpc) is 3.24. The number of amides is 1. The maximum Gasteiger partial charge on any atom is 0.259 e. The predicted octanol–water partition coefficient (Wildman–Crippen LogP) is 3.97. The van der Waals surface area contributed by atoms with E-state index in [9.17, 15) is 9.18 Å². The van der Waals surface area contributed by atoms with Crippen molar-refractivity contribution in [3.63, 3.8) is 0 Å². The molecule has 0 saturated carbocycles. The summed E-state index contributed by atoms with van der Waals surface area (Å²) in [5.41, 5.74) is 3.95. The van der Waals surface area contributed by atoms with E-state index < -0.39 is 0 Å². The van der Waals surface area contributed by atoms with Gasteiger partial charge in [0.25, 0.3) is 5.91 Å². The van der Waals surface area contributed by atoms with Crippen molar-refractivity contribution < 1.29 is 9.18 Å². The van der Waals surface area contributed by atoms with Crippen LogP contribution in [0.2, 0.25) is 0 Å². The van der Waals surface area contributed by atoms with E-state index in [1.165, 1.54) is 17.8 Å². The van der Waals surface area contributed by atoms with Crippen molar-refractivity contribution in [2.75, 3.05) is 42.9 Å². The second-order valence-electron chi connectivity index (χ2n) is 7.67. The van der Waals surface area contributed by atoms with Crippen molar-refractivity contribution in [2.24, 2.45) is 0 Å². The minimum atomic E-state index is -0.303. The SMILES string of the molecule is CCc1c(C(=O)Nc2ccc(N3CCN(CC)CC3)cc2)cnn1-c1ccc(F)cc1. The van der Waals surface area contributed by atoms with Crippen LogP contribution in [0, 0.1) is 5.82 Å². The molecule has 6 nitrogen and oxygen atoms in total. The van der Waals surface area contributed by atoms with Gasteiger partial charge < -0.3 is 15.1 Å². The summed E-state index contributed by atoms with van der Waals surface area (Å²) in [6, 6.07) is 14.1. The van der Waals surface area contributed by atoms with Gasteiger partial charge in [-0.2, -0.15) is 5.10 Å². The van der Waals surface area contributed by atoms with Crippen molar-refractivity contribution >= 4 is 17.3 Å². The first kappa shape index (κ1) is 21.1. The van der Waals surface area contributed by atoms with E-state index in [1.807, 2.05) is 19.1 Å². The second kappa shape index (κ2) is 9.31. The second-order valence-corrected chi connectivity index (χ2v) is 7.67. The highest BCUT2D eigenvalue weighted by Gasteiger charge is 2.18. The number of halogens is 1. The minimum Gasteiger partial charge on any atom is -0.369 e. The van der Waals surface area contributed by atoms with Gasteiger partial charge in [0.05, 0.1) is 23.1 Å². The lowest BCUT2D eigenvalue weighted by Crippen LogP contribution is -2.46. The number of carbonyl (C=O) groups excluding carboxylic acids is 1. The number of hydrogen-bond acceptors (Lipinski definition) is 4. The highest BCUT2D eigenvalue weighted by Crippen LogP contribution is 2.21.